The molecule has 3 heteroatoms. The molecule has 2 aliphatic carbocycles. The second-order valence-electron chi connectivity index (χ2n) is 5.94. The van der Waals surface area contributed by atoms with Gasteiger partial charge >= 0.3 is 0 Å². The van der Waals surface area contributed by atoms with Crippen LogP contribution >= 0.6 is 0 Å². The van der Waals surface area contributed by atoms with Crippen LogP contribution in [0.3, 0.4) is 0 Å². The van der Waals surface area contributed by atoms with Crippen LogP contribution in [0, 0.1) is 11.8 Å². The quantitative estimate of drug-likeness (QED) is 0.822. The fourth-order valence-electron chi connectivity index (χ4n) is 3.33. The molecule has 0 aromatic rings. The van der Waals surface area contributed by atoms with Gasteiger partial charge in [0.25, 0.3) is 0 Å². The Kier molecular flexibility index (Phi) is 4.45. The summed E-state index contributed by atoms with van der Waals surface area (Å²) >= 11 is 0. The topological polar surface area (TPSA) is 38.7 Å². The van der Waals surface area contributed by atoms with Gasteiger partial charge in [0.15, 0.2) is 0 Å². The normalized spacial score (nSPS) is 46.6. The highest BCUT2D eigenvalue weighted by Crippen LogP contribution is 2.35. The summed E-state index contributed by atoms with van der Waals surface area (Å²) in [6, 6.07) is 0. The van der Waals surface area contributed by atoms with Crippen LogP contribution in [0.5, 0.6) is 0 Å². The van der Waals surface area contributed by atoms with Crippen molar-refractivity contribution in [1.29, 1.82) is 0 Å². The standard InChI is InChI=1S/C14H26O3/c1-4-16-14-12(15)8-13(14)17-11-6-9(2)5-10(3)7-11/h9-15H,4-8H2,1-3H3. The average molecular weight is 242 g/mol. The highest BCUT2D eigenvalue weighted by Gasteiger charge is 2.43. The maximum Gasteiger partial charge on any atom is 0.110 e. The minimum absolute atomic E-state index is 0.0902. The first kappa shape index (κ1) is 13.3. The van der Waals surface area contributed by atoms with Crippen molar-refractivity contribution in [2.75, 3.05) is 6.61 Å². The van der Waals surface area contributed by atoms with Gasteiger partial charge in [-0.3, -0.25) is 0 Å². The summed E-state index contributed by atoms with van der Waals surface area (Å²) in [5.41, 5.74) is 0. The molecule has 3 nitrogen and oxygen atoms in total. The number of hydrogen-bond donors (Lipinski definition) is 1. The smallest absolute Gasteiger partial charge is 0.110 e. The largest absolute Gasteiger partial charge is 0.390 e. The summed E-state index contributed by atoms with van der Waals surface area (Å²) in [6.07, 6.45) is 4.46. The average Bonchev–Trinajstić information content (AvgIpc) is 2.24. The van der Waals surface area contributed by atoms with E-state index >= 15 is 0 Å². The summed E-state index contributed by atoms with van der Waals surface area (Å²) < 4.78 is 11.6. The van der Waals surface area contributed by atoms with Crippen LogP contribution in [0.15, 0.2) is 0 Å². The highest BCUT2D eigenvalue weighted by atomic mass is 16.6. The molecular formula is C14H26O3. The summed E-state index contributed by atoms with van der Waals surface area (Å²) in [7, 11) is 0. The lowest BCUT2D eigenvalue weighted by atomic mass is 9.81. The van der Waals surface area contributed by atoms with Crippen molar-refractivity contribution in [1.82, 2.24) is 0 Å². The molecular weight excluding hydrogens is 216 g/mol. The third-order valence-electron chi connectivity index (χ3n) is 4.08. The molecule has 5 atom stereocenters. The van der Waals surface area contributed by atoms with E-state index in [0.29, 0.717) is 12.7 Å². The summed E-state index contributed by atoms with van der Waals surface area (Å²) in [5, 5.41) is 9.64. The van der Waals surface area contributed by atoms with Crippen molar-refractivity contribution in [2.45, 2.75) is 70.9 Å². The zero-order chi connectivity index (χ0) is 12.4. The zero-order valence-electron chi connectivity index (χ0n) is 11.3. The van der Waals surface area contributed by atoms with Gasteiger partial charge < -0.3 is 14.6 Å². The number of hydrogen-bond acceptors (Lipinski definition) is 3. The third kappa shape index (κ3) is 3.21. The highest BCUT2D eigenvalue weighted by molar-refractivity contribution is 4.93. The second kappa shape index (κ2) is 5.68. The predicted molar refractivity (Wildman–Crippen MR) is 66.9 cm³/mol. The van der Waals surface area contributed by atoms with Crippen LogP contribution in [-0.2, 0) is 9.47 Å². The number of ether oxygens (including phenoxy) is 2. The van der Waals surface area contributed by atoms with E-state index in [1.54, 1.807) is 0 Å². The van der Waals surface area contributed by atoms with Crippen LogP contribution in [0.1, 0.15) is 46.5 Å². The van der Waals surface area contributed by atoms with Crippen molar-refractivity contribution in [3.05, 3.63) is 0 Å². The Morgan fingerprint density at radius 3 is 2.24 bits per heavy atom. The molecule has 100 valence electrons. The van der Waals surface area contributed by atoms with Gasteiger partial charge in [-0.05, 0) is 38.0 Å². The van der Waals surface area contributed by atoms with E-state index in [1.165, 1.54) is 6.42 Å². The van der Waals surface area contributed by atoms with Gasteiger partial charge in [0, 0.05) is 13.0 Å². The molecule has 0 saturated heterocycles. The Hall–Kier alpha value is -0.120. The molecule has 0 aliphatic heterocycles. The molecule has 5 unspecified atom stereocenters. The monoisotopic (exact) mass is 242 g/mol. The lowest BCUT2D eigenvalue weighted by molar-refractivity contribution is -0.212. The third-order valence-corrected chi connectivity index (χ3v) is 4.08. The van der Waals surface area contributed by atoms with Crippen LogP contribution in [0.2, 0.25) is 0 Å². The van der Waals surface area contributed by atoms with Gasteiger partial charge in [0.05, 0.1) is 18.3 Å². The van der Waals surface area contributed by atoms with E-state index in [-0.39, 0.29) is 18.3 Å². The molecule has 0 bridgehead atoms. The lowest BCUT2D eigenvalue weighted by Crippen LogP contribution is -2.55. The van der Waals surface area contributed by atoms with E-state index in [9.17, 15) is 5.11 Å². The molecule has 0 radical (unpaired) electrons. The number of rotatable bonds is 4. The molecule has 2 fully saturated rings. The van der Waals surface area contributed by atoms with Gasteiger partial charge in [0.2, 0.25) is 0 Å². The van der Waals surface area contributed by atoms with E-state index in [2.05, 4.69) is 13.8 Å². The van der Waals surface area contributed by atoms with Crippen LogP contribution in [-0.4, -0.2) is 36.1 Å². The molecule has 0 heterocycles. The Balaban J connectivity index is 1.80. The van der Waals surface area contributed by atoms with Crippen molar-refractivity contribution >= 4 is 0 Å². The Morgan fingerprint density at radius 2 is 1.71 bits per heavy atom. The zero-order valence-corrected chi connectivity index (χ0v) is 11.3. The molecule has 0 spiro atoms. The summed E-state index contributed by atoms with van der Waals surface area (Å²) in [5.74, 6) is 1.53. The first-order chi connectivity index (χ1) is 8.10. The summed E-state index contributed by atoms with van der Waals surface area (Å²) in [6.45, 7) is 7.23. The maximum atomic E-state index is 9.64. The van der Waals surface area contributed by atoms with Crippen LogP contribution < -0.4 is 0 Å². The van der Waals surface area contributed by atoms with Gasteiger partial charge in [-0.15, -0.1) is 0 Å². The first-order valence-corrected chi connectivity index (χ1v) is 7.05. The molecule has 0 amide bonds. The van der Waals surface area contributed by atoms with Crippen molar-refractivity contribution < 1.29 is 14.6 Å². The Labute approximate surface area is 104 Å². The van der Waals surface area contributed by atoms with Crippen LogP contribution in [0.25, 0.3) is 0 Å². The van der Waals surface area contributed by atoms with Gasteiger partial charge in [-0.1, -0.05) is 13.8 Å². The summed E-state index contributed by atoms with van der Waals surface area (Å²) in [4.78, 5) is 0. The van der Waals surface area contributed by atoms with Crippen molar-refractivity contribution in [3.63, 3.8) is 0 Å². The molecule has 1 N–H and O–H groups in total. The molecule has 0 aromatic carbocycles. The van der Waals surface area contributed by atoms with Crippen molar-refractivity contribution in [2.24, 2.45) is 11.8 Å². The molecule has 2 saturated carbocycles. The van der Waals surface area contributed by atoms with Gasteiger partial charge in [0.1, 0.15) is 6.10 Å². The fourth-order valence-corrected chi connectivity index (χ4v) is 3.33. The number of aliphatic hydroxyl groups is 1. The maximum absolute atomic E-state index is 9.64. The van der Waals surface area contributed by atoms with E-state index in [4.69, 9.17) is 9.47 Å². The predicted octanol–water partition coefficient (Wildman–Crippen LogP) is 2.37. The minimum atomic E-state index is -0.321. The first-order valence-electron chi connectivity index (χ1n) is 7.05. The van der Waals surface area contributed by atoms with Crippen molar-refractivity contribution in [3.8, 4) is 0 Å². The number of aliphatic hydroxyl groups excluding tert-OH is 1. The Bertz CT molecular complexity index is 234. The van der Waals surface area contributed by atoms with Crippen LogP contribution in [0.4, 0.5) is 0 Å². The lowest BCUT2D eigenvalue weighted by Gasteiger charge is -2.44. The fraction of sp³-hybridized carbons (Fsp3) is 1.00. The molecule has 2 aliphatic rings. The second-order valence-corrected chi connectivity index (χ2v) is 5.94. The SMILES string of the molecule is CCOC1C(O)CC1OC1CC(C)CC(C)C1. The minimum Gasteiger partial charge on any atom is -0.390 e. The molecule has 17 heavy (non-hydrogen) atoms. The Morgan fingerprint density at radius 1 is 1.06 bits per heavy atom. The van der Waals surface area contributed by atoms with E-state index in [1.807, 2.05) is 6.92 Å². The van der Waals surface area contributed by atoms with Gasteiger partial charge in [-0.2, -0.15) is 0 Å². The van der Waals surface area contributed by atoms with E-state index in [0.717, 1.165) is 31.1 Å². The molecule has 2 rings (SSSR count). The van der Waals surface area contributed by atoms with Gasteiger partial charge in [-0.25, -0.2) is 0 Å². The molecule has 0 aromatic heterocycles. The van der Waals surface area contributed by atoms with E-state index < -0.39 is 0 Å².